The topological polar surface area (TPSA) is 71.2 Å². The van der Waals surface area contributed by atoms with Gasteiger partial charge in [0.05, 0.1) is 24.8 Å². The Bertz CT molecular complexity index is 1040. The van der Waals surface area contributed by atoms with E-state index in [-0.39, 0.29) is 6.54 Å². The number of hydrogen-bond acceptors (Lipinski definition) is 3. The van der Waals surface area contributed by atoms with Crippen molar-refractivity contribution < 1.29 is 14.3 Å². The van der Waals surface area contributed by atoms with Gasteiger partial charge in [0.1, 0.15) is 5.75 Å². The van der Waals surface area contributed by atoms with Gasteiger partial charge in [0.15, 0.2) is 0 Å². The third kappa shape index (κ3) is 3.45. The van der Waals surface area contributed by atoms with E-state index in [9.17, 15) is 9.59 Å². The third-order valence-corrected chi connectivity index (χ3v) is 3.99. The lowest BCUT2D eigenvalue weighted by Gasteiger charge is -2.02. The van der Waals surface area contributed by atoms with E-state index in [4.69, 9.17) is 4.74 Å². The molecule has 0 spiro atoms. The smallest absolute Gasteiger partial charge is 0.293 e. The van der Waals surface area contributed by atoms with Crippen LogP contribution in [0.1, 0.15) is 21.6 Å². The maximum absolute atomic E-state index is 12.5. The highest BCUT2D eigenvalue weighted by Gasteiger charge is 2.21. The Kier molecular flexibility index (Phi) is 5.04. The lowest BCUT2D eigenvalue weighted by molar-refractivity contribution is -0.116. The first kappa shape index (κ1) is 17.3. The van der Waals surface area contributed by atoms with Gasteiger partial charge in [-0.05, 0) is 25.1 Å². The summed E-state index contributed by atoms with van der Waals surface area (Å²) in [5.41, 5.74) is 2.63. The molecule has 5 nitrogen and oxygen atoms in total. The number of nitrogens with one attached hydrogen (secondary N) is 2. The van der Waals surface area contributed by atoms with Crippen LogP contribution in [0, 0.1) is 18.8 Å². The van der Waals surface area contributed by atoms with Crippen LogP contribution >= 0.6 is 0 Å². The van der Waals surface area contributed by atoms with Crippen LogP contribution in [0.4, 0.5) is 0 Å². The molecule has 1 amide bonds. The van der Waals surface area contributed by atoms with Gasteiger partial charge in [-0.3, -0.25) is 9.59 Å². The molecular formula is C21H18N2O3. The summed E-state index contributed by atoms with van der Waals surface area (Å²) in [5.74, 6) is 5.18. The molecule has 0 fully saturated rings. The van der Waals surface area contributed by atoms with Crippen LogP contribution in [-0.4, -0.2) is 30.3 Å². The fourth-order valence-electron chi connectivity index (χ4n) is 2.77. The molecule has 0 saturated heterocycles. The zero-order valence-electron chi connectivity index (χ0n) is 14.6. The fraction of sp³-hybridized carbons (Fsp3) is 0.143. The maximum Gasteiger partial charge on any atom is 0.293 e. The van der Waals surface area contributed by atoms with E-state index in [1.165, 1.54) is 0 Å². The molecule has 0 radical (unpaired) electrons. The van der Waals surface area contributed by atoms with E-state index in [2.05, 4.69) is 22.1 Å². The van der Waals surface area contributed by atoms with Crippen LogP contribution in [0.2, 0.25) is 0 Å². The van der Waals surface area contributed by atoms with Crippen LogP contribution in [0.3, 0.4) is 0 Å². The quantitative estimate of drug-likeness (QED) is 0.433. The second-order valence-corrected chi connectivity index (χ2v) is 5.68. The van der Waals surface area contributed by atoms with Crippen LogP contribution in [0.25, 0.3) is 10.9 Å². The number of Topliss-reactive ketones (excluding diaryl/α,β-unsaturated/α-hetero) is 1. The molecule has 0 saturated carbocycles. The number of benzene rings is 2. The Labute approximate surface area is 151 Å². The molecule has 1 aromatic heterocycles. The van der Waals surface area contributed by atoms with Crippen molar-refractivity contribution in [3.8, 4) is 17.6 Å². The van der Waals surface area contributed by atoms with Crippen LogP contribution < -0.4 is 10.1 Å². The number of amides is 1. The standard InChI is InChI=1S/C21H18N2O3/c1-14-19(16-10-4-5-11-17(16)23-14)20(24)21(25)22-13-7-9-15-8-3-6-12-18(15)26-2/h3-6,8,10-12,23H,13H2,1-2H3,(H,22,25). The van der Waals surface area contributed by atoms with E-state index < -0.39 is 11.7 Å². The van der Waals surface area contributed by atoms with E-state index in [0.717, 1.165) is 16.5 Å². The van der Waals surface area contributed by atoms with Gasteiger partial charge in [0.2, 0.25) is 0 Å². The molecule has 3 rings (SSSR count). The molecule has 130 valence electrons. The SMILES string of the molecule is COc1ccccc1C#CCNC(=O)C(=O)c1c(C)[nH]c2ccccc12. The number of aryl methyl sites for hydroxylation is 1. The van der Waals surface area contributed by atoms with Gasteiger partial charge in [-0.1, -0.05) is 42.2 Å². The molecule has 0 atom stereocenters. The first-order valence-corrected chi connectivity index (χ1v) is 8.13. The van der Waals surface area contributed by atoms with E-state index >= 15 is 0 Å². The van der Waals surface area contributed by atoms with Crippen molar-refractivity contribution in [2.75, 3.05) is 13.7 Å². The lowest BCUT2D eigenvalue weighted by Crippen LogP contribution is -2.31. The molecule has 0 aliphatic carbocycles. The van der Waals surface area contributed by atoms with E-state index in [0.29, 0.717) is 17.0 Å². The van der Waals surface area contributed by atoms with E-state index in [1.807, 2.05) is 48.5 Å². The zero-order chi connectivity index (χ0) is 18.5. The maximum atomic E-state index is 12.5. The molecule has 1 heterocycles. The van der Waals surface area contributed by atoms with Gasteiger partial charge < -0.3 is 15.0 Å². The van der Waals surface area contributed by atoms with Crippen molar-refractivity contribution >= 4 is 22.6 Å². The number of aromatic nitrogens is 1. The molecule has 0 aliphatic heterocycles. The highest BCUT2D eigenvalue weighted by Crippen LogP contribution is 2.22. The number of hydrogen-bond donors (Lipinski definition) is 2. The van der Waals surface area contributed by atoms with Gasteiger partial charge in [-0.25, -0.2) is 0 Å². The normalized spacial score (nSPS) is 10.1. The molecule has 26 heavy (non-hydrogen) atoms. The second-order valence-electron chi connectivity index (χ2n) is 5.68. The number of methoxy groups -OCH3 is 1. The first-order chi connectivity index (χ1) is 12.6. The summed E-state index contributed by atoms with van der Waals surface area (Å²) in [5, 5.41) is 3.29. The summed E-state index contributed by atoms with van der Waals surface area (Å²) in [6.07, 6.45) is 0. The molecule has 5 heteroatoms. The Morgan fingerprint density at radius 3 is 2.65 bits per heavy atom. The number of aromatic amines is 1. The average Bonchev–Trinajstić information content (AvgIpc) is 3.00. The number of carbonyl (C=O) groups excluding carboxylic acids is 2. The summed E-state index contributed by atoms with van der Waals surface area (Å²) < 4.78 is 5.22. The zero-order valence-corrected chi connectivity index (χ0v) is 14.6. The number of H-pyrrole nitrogens is 1. The number of ketones is 1. The minimum absolute atomic E-state index is 0.0734. The number of para-hydroxylation sites is 2. The first-order valence-electron chi connectivity index (χ1n) is 8.13. The van der Waals surface area contributed by atoms with Gasteiger partial charge in [-0.2, -0.15) is 0 Å². The highest BCUT2D eigenvalue weighted by atomic mass is 16.5. The van der Waals surface area contributed by atoms with Crippen LogP contribution in [0.15, 0.2) is 48.5 Å². The monoisotopic (exact) mass is 346 g/mol. The Balaban J connectivity index is 1.70. The number of carbonyl (C=O) groups is 2. The predicted molar refractivity (Wildman–Crippen MR) is 100 cm³/mol. The van der Waals surface area contributed by atoms with Gasteiger partial charge in [0.25, 0.3) is 11.7 Å². The molecule has 2 aromatic carbocycles. The average molecular weight is 346 g/mol. The van der Waals surface area contributed by atoms with Crippen LogP contribution in [-0.2, 0) is 4.79 Å². The van der Waals surface area contributed by atoms with Crippen molar-refractivity contribution in [3.63, 3.8) is 0 Å². The Hall–Kier alpha value is -3.52. The summed E-state index contributed by atoms with van der Waals surface area (Å²) in [7, 11) is 1.57. The van der Waals surface area contributed by atoms with Crippen molar-refractivity contribution in [3.05, 3.63) is 65.4 Å². The number of fused-ring (bicyclic) bond motifs is 1. The number of ether oxygens (including phenoxy) is 1. The molecular weight excluding hydrogens is 328 g/mol. The van der Waals surface area contributed by atoms with Crippen molar-refractivity contribution in [1.29, 1.82) is 0 Å². The molecule has 2 N–H and O–H groups in total. The van der Waals surface area contributed by atoms with Gasteiger partial charge >= 0.3 is 0 Å². The lowest BCUT2D eigenvalue weighted by atomic mass is 10.1. The summed E-state index contributed by atoms with van der Waals surface area (Å²) in [6, 6.07) is 14.8. The largest absolute Gasteiger partial charge is 0.495 e. The van der Waals surface area contributed by atoms with Crippen LogP contribution in [0.5, 0.6) is 5.75 Å². The third-order valence-electron chi connectivity index (χ3n) is 3.99. The van der Waals surface area contributed by atoms with Crippen molar-refractivity contribution in [2.24, 2.45) is 0 Å². The molecule has 0 bridgehead atoms. The predicted octanol–water partition coefficient (Wildman–Crippen LogP) is 2.84. The highest BCUT2D eigenvalue weighted by molar-refractivity contribution is 6.45. The van der Waals surface area contributed by atoms with Gasteiger partial charge in [0, 0.05) is 16.6 Å². The van der Waals surface area contributed by atoms with Crippen molar-refractivity contribution in [2.45, 2.75) is 6.92 Å². The van der Waals surface area contributed by atoms with E-state index in [1.54, 1.807) is 14.0 Å². The minimum Gasteiger partial charge on any atom is -0.495 e. The van der Waals surface area contributed by atoms with Gasteiger partial charge in [-0.15, -0.1) is 0 Å². The molecule has 0 unspecified atom stereocenters. The molecule has 3 aromatic rings. The Morgan fingerprint density at radius 2 is 1.85 bits per heavy atom. The van der Waals surface area contributed by atoms with Crippen molar-refractivity contribution in [1.82, 2.24) is 10.3 Å². The summed E-state index contributed by atoms with van der Waals surface area (Å²) in [4.78, 5) is 27.8. The minimum atomic E-state index is -0.674. The molecule has 0 aliphatic rings. The second kappa shape index (κ2) is 7.58. The summed E-state index contributed by atoms with van der Waals surface area (Å²) >= 11 is 0. The fourth-order valence-corrected chi connectivity index (χ4v) is 2.77. The summed E-state index contributed by atoms with van der Waals surface area (Å²) in [6.45, 7) is 1.85. The number of rotatable bonds is 4. The Morgan fingerprint density at radius 1 is 1.12 bits per heavy atom.